The highest BCUT2D eigenvalue weighted by atomic mass is 35.5. The van der Waals surface area contributed by atoms with Crippen LogP contribution in [-0.2, 0) is 20.7 Å². The number of β-amino-alcohol motifs (C(OH)–C–C–N with tert-alkyl or cyclic N) is 1. The Balaban J connectivity index is 0.00000768. The largest absolute Gasteiger partial charge is 0.491 e. The van der Waals surface area contributed by atoms with Gasteiger partial charge in [0.05, 0.1) is 29.2 Å². The Morgan fingerprint density at radius 3 is 2.30 bits per heavy atom. The van der Waals surface area contributed by atoms with E-state index in [9.17, 15) is 43.1 Å². The number of nitrogens with zero attached hydrogens (tertiary/aromatic N) is 2. The van der Waals surface area contributed by atoms with Crippen molar-refractivity contribution in [2.24, 2.45) is 0 Å². The molecule has 0 bridgehead atoms. The van der Waals surface area contributed by atoms with Crippen LogP contribution in [0.2, 0.25) is 0 Å². The molecule has 0 radical (unpaired) electrons. The predicted octanol–water partition coefficient (Wildman–Crippen LogP) is 5.31. The maximum atomic E-state index is 14.7. The average molecular weight is 686 g/mol. The number of ether oxygens (including phenoxy) is 2. The number of rotatable bonds is 13. The van der Waals surface area contributed by atoms with Gasteiger partial charge < -0.3 is 29.9 Å². The van der Waals surface area contributed by atoms with Crippen LogP contribution in [0.1, 0.15) is 45.2 Å². The second-order valence-corrected chi connectivity index (χ2v) is 11.8. The summed E-state index contributed by atoms with van der Waals surface area (Å²) in [4.78, 5) is 36.9. The van der Waals surface area contributed by atoms with Crippen molar-refractivity contribution in [3.05, 3.63) is 86.6 Å². The van der Waals surface area contributed by atoms with E-state index >= 15 is 0 Å². The number of allylic oxidation sites excluding steroid dienone is 1. The van der Waals surface area contributed by atoms with Crippen LogP contribution in [0.25, 0.3) is 5.57 Å². The number of aliphatic hydroxyl groups is 1. The highest BCUT2D eigenvalue weighted by Crippen LogP contribution is 2.45. The number of hydrogen-bond acceptors (Lipinski definition) is 9. The van der Waals surface area contributed by atoms with Crippen molar-refractivity contribution < 1.29 is 47.4 Å². The number of hydrogen-bond donors (Lipinski definition) is 3. The van der Waals surface area contributed by atoms with Gasteiger partial charge >= 0.3 is 18.1 Å². The Morgan fingerprint density at radius 1 is 1.13 bits per heavy atom. The molecule has 2 aromatic rings. The van der Waals surface area contributed by atoms with E-state index in [2.05, 4.69) is 10.1 Å². The molecule has 47 heavy (non-hydrogen) atoms. The van der Waals surface area contributed by atoms with Crippen LogP contribution in [0.5, 0.6) is 5.75 Å². The lowest BCUT2D eigenvalue weighted by Crippen LogP contribution is -2.46. The minimum atomic E-state index is -5.11. The van der Waals surface area contributed by atoms with Gasteiger partial charge in [-0.3, -0.25) is 10.1 Å². The summed E-state index contributed by atoms with van der Waals surface area (Å²) in [6.07, 6.45) is -5.39. The molecule has 3 N–H and O–H groups in total. The minimum Gasteiger partial charge on any atom is -0.491 e. The number of non-ortho nitro benzene ring substituents is 1. The number of nitro groups is 1. The molecule has 11 nitrogen and oxygen atoms in total. The number of aliphatic hydroxyl groups excluding tert-OH is 1. The number of methoxy groups -OCH3 is 1. The molecular formula is C32H39ClF3N3O8. The second kappa shape index (κ2) is 16.1. The molecule has 0 spiro atoms. The van der Waals surface area contributed by atoms with Gasteiger partial charge in [0.15, 0.2) is 0 Å². The first-order valence-corrected chi connectivity index (χ1v) is 14.5. The van der Waals surface area contributed by atoms with Crippen molar-refractivity contribution in [2.75, 3.05) is 26.8 Å². The van der Waals surface area contributed by atoms with Crippen LogP contribution in [0.3, 0.4) is 0 Å². The zero-order valence-corrected chi connectivity index (χ0v) is 27.4. The van der Waals surface area contributed by atoms with E-state index in [1.807, 2.05) is 20.8 Å². The molecule has 2 atom stereocenters. The molecule has 1 heterocycles. The standard InChI is InChI=1S/C32H38F3N3O8.ClH/c1-19-25(29(40)41)26(21-9-6-10-22(16-21)38(43)44)27(30(42)45-5)28(32(33,34)35)37(19)15-7-8-20-11-13-24(14-12-20)46-18-23(39)17-36-31(2,3)4;/h6,9-14,16,19,23,36,39H,7-8,15,17-18H2,1-5H3,(H,40,41);1H. The topological polar surface area (TPSA) is 151 Å². The Morgan fingerprint density at radius 2 is 1.77 bits per heavy atom. The summed E-state index contributed by atoms with van der Waals surface area (Å²) < 4.78 is 54.6. The van der Waals surface area contributed by atoms with Crippen LogP contribution in [0.15, 0.2) is 65.4 Å². The lowest BCUT2D eigenvalue weighted by molar-refractivity contribution is -0.384. The lowest BCUT2D eigenvalue weighted by atomic mass is 9.83. The Bertz CT molecular complexity index is 1500. The second-order valence-electron chi connectivity index (χ2n) is 11.8. The average Bonchev–Trinajstić information content (AvgIpc) is 2.98. The van der Waals surface area contributed by atoms with Crippen LogP contribution >= 0.6 is 12.4 Å². The molecule has 2 unspecified atom stereocenters. The molecule has 0 saturated heterocycles. The third-order valence-corrected chi connectivity index (χ3v) is 7.26. The van der Waals surface area contributed by atoms with Crippen LogP contribution in [0, 0.1) is 10.1 Å². The maximum Gasteiger partial charge on any atom is 0.432 e. The van der Waals surface area contributed by atoms with Gasteiger partial charge in [0.2, 0.25) is 0 Å². The SMILES string of the molecule is COC(=O)C1=C(C(F)(F)F)N(CCCc2ccc(OCC(O)CNC(C)(C)C)cc2)C(C)C(C(=O)O)=C1c1cccc([N+](=O)[O-])c1.Cl. The number of carbonyl (C=O) groups excluding carboxylic acids is 1. The summed E-state index contributed by atoms with van der Waals surface area (Å²) in [6.45, 7) is 7.32. The first kappa shape index (κ1) is 39.0. The summed E-state index contributed by atoms with van der Waals surface area (Å²) in [7, 11) is 0.869. The molecule has 0 fully saturated rings. The van der Waals surface area contributed by atoms with Crippen molar-refractivity contribution in [1.82, 2.24) is 10.2 Å². The smallest absolute Gasteiger partial charge is 0.432 e. The fraction of sp³-hybridized carbons (Fsp3) is 0.438. The number of carboxylic acid groups (broad SMARTS) is 1. The van der Waals surface area contributed by atoms with E-state index in [0.29, 0.717) is 18.7 Å². The molecule has 0 amide bonds. The molecule has 15 heteroatoms. The molecule has 0 saturated carbocycles. The molecule has 3 rings (SSSR count). The lowest BCUT2D eigenvalue weighted by Gasteiger charge is -2.40. The van der Waals surface area contributed by atoms with Crippen LogP contribution in [-0.4, -0.2) is 82.6 Å². The first-order valence-electron chi connectivity index (χ1n) is 14.5. The molecule has 0 aliphatic carbocycles. The highest BCUT2D eigenvalue weighted by Gasteiger charge is 2.49. The summed E-state index contributed by atoms with van der Waals surface area (Å²) in [5.41, 5.74) is -3.67. The molecule has 1 aliphatic rings. The van der Waals surface area contributed by atoms with Crippen molar-refractivity contribution in [3.8, 4) is 5.75 Å². The van der Waals surface area contributed by atoms with Crippen molar-refractivity contribution in [1.29, 1.82) is 0 Å². The van der Waals surface area contributed by atoms with Gasteiger partial charge in [-0.25, -0.2) is 9.59 Å². The molecule has 2 aromatic carbocycles. The number of aliphatic carboxylic acids is 1. The number of nitro benzene ring substituents is 1. The number of esters is 1. The molecule has 1 aliphatic heterocycles. The normalized spacial score (nSPS) is 16.0. The van der Waals surface area contributed by atoms with Crippen molar-refractivity contribution >= 4 is 35.6 Å². The quantitative estimate of drug-likeness (QED) is 0.144. The Kier molecular flexibility index (Phi) is 13.4. The number of benzene rings is 2. The van der Waals surface area contributed by atoms with Gasteiger partial charge in [-0.2, -0.15) is 13.2 Å². The predicted molar refractivity (Wildman–Crippen MR) is 170 cm³/mol. The van der Waals surface area contributed by atoms with Crippen molar-refractivity contribution in [3.63, 3.8) is 0 Å². The van der Waals surface area contributed by atoms with E-state index in [1.54, 1.807) is 24.3 Å². The van der Waals surface area contributed by atoms with Gasteiger partial charge in [0, 0.05) is 36.3 Å². The number of halogens is 4. The first-order chi connectivity index (χ1) is 21.4. The monoisotopic (exact) mass is 685 g/mol. The highest BCUT2D eigenvalue weighted by molar-refractivity contribution is 6.14. The van der Waals surface area contributed by atoms with Crippen molar-refractivity contribution in [2.45, 2.75) is 64.4 Å². The summed E-state index contributed by atoms with van der Waals surface area (Å²) in [5, 5.41) is 34.9. The third-order valence-electron chi connectivity index (χ3n) is 7.26. The summed E-state index contributed by atoms with van der Waals surface area (Å²) >= 11 is 0. The van der Waals surface area contributed by atoms with Gasteiger partial charge in [0.1, 0.15) is 24.2 Å². The number of carbonyl (C=O) groups is 2. The fourth-order valence-corrected chi connectivity index (χ4v) is 5.11. The molecule has 0 aromatic heterocycles. The zero-order chi connectivity index (χ0) is 34.4. The Labute approximate surface area is 276 Å². The van der Waals surface area contributed by atoms with E-state index in [4.69, 9.17) is 4.74 Å². The van der Waals surface area contributed by atoms with Gasteiger partial charge in [0.25, 0.3) is 5.69 Å². The zero-order valence-electron chi connectivity index (χ0n) is 26.6. The number of aryl methyl sites for hydroxylation is 1. The number of carboxylic acids is 1. The third kappa shape index (κ3) is 10.2. The van der Waals surface area contributed by atoms with Crippen LogP contribution in [0.4, 0.5) is 18.9 Å². The van der Waals surface area contributed by atoms with E-state index in [1.165, 1.54) is 19.1 Å². The van der Waals surface area contributed by atoms with E-state index < -0.39 is 63.3 Å². The summed E-state index contributed by atoms with van der Waals surface area (Å²) in [6, 6.07) is 9.88. The number of nitrogens with one attached hydrogen (secondary N) is 1. The van der Waals surface area contributed by atoms with Gasteiger partial charge in [-0.1, -0.05) is 24.3 Å². The van der Waals surface area contributed by atoms with Gasteiger partial charge in [-0.15, -0.1) is 12.4 Å². The van der Waals surface area contributed by atoms with Crippen LogP contribution < -0.4 is 10.1 Å². The van der Waals surface area contributed by atoms with E-state index in [-0.39, 0.29) is 43.1 Å². The maximum absolute atomic E-state index is 14.7. The number of alkyl halides is 3. The fourth-order valence-electron chi connectivity index (χ4n) is 5.11. The minimum absolute atomic E-state index is 0. The Hall–Kier alpha value is -4.14. The molecule has 258 valence electrons. The van der Waals surface area contributed by atoms with E-state index in [0.717, 1.165) is 29.7 Å². The molecular weight excluding hydrogens is 647 g/mol. The van der Waals surface area contributed by atoms with Gasteiger partial charge in [-0.05, 0) is 63.8 Å². The summed E-state index contributed by atoms with van der Waals surface area (Å²) in [5.74, 6) is -2.52.